The van der Waals surface area contributed by atoms with Crippen molar-refractivity contribution in [1.82, 2.24) is 45.0 Å². The lowest BCUT2D eigenvalue weighted by atomic mass is 9.84. The zero-order valence-electron chi connectivity index (χ0n) is 37.3. The molecule has 0 aliphatic carbocycles. The van der Waals surface area contributed by atoms with Crippen LogP contribution in [0.4, 0.5) is 4.79 Å². The van der Waals surface area contributed by atoms with Crippen molar-refractivity contribution >= 4 is 46.1 Å². The number of pyridine rings is 1. The first-order chi connectivity index (χ1) is 29.7. The second-order valence-electron chi connectivity index (χ2n) is 18.5. The highest BCUT2D eigenvalue weighted by Gasteiger charge is 2.45. The zero-order chi connectivity index (χ0) is 44.0. The van der Waals surface area contributed by atoms with Gasteiger partial charge in [-0.25, -0.2) is 15.2 Å². The molecule has 1 aromatic carbocycles. The van der Waals surface area contributed by atoms with E-state index in [1.54, 1.807) is 18.2 Å². The number of fused-ring (bicyclic) bond motifs is 6. The molecule has 4 aliphatic heterocycles. The number of carbonyl (C=O) groups is 4. The number of urea groups is 1. The van der Waals surface area contributed by atoms with Crippen molar-refractivity contribution in [3.05, 3.63) is 58.2 Å². The van der Waals surface area contributed by atoms with Crippen molar-refractivity contribution in [2.24, 2.45) is 11.3 Å². The minimum atomic E-state index is -1.02. The minimum absolute atomic E-state index is 0.126. The van der Waals surface area contributed by atoms with Crippen molar-refractivity contribution in [3.63, 3.8) is 0 Å². The van der Waals surface area contributed by atoms with Gasteiger partial charge in [0, 0.05) is 91.8 Å². The molecule has 62 heavy (non-hydrogen) atoms. The SMILES string of the molecule is CCn1c(-c2cccnc2[C@H](C)OC)c2c3cc(ccc31)-c1csc(n1)C[C@H](NC(=O)[C@H](C(C)C)N1CCN(C3CN(C)C3)C1=O)C(=O)N1CCC[C@H](N1)C(=O)OCC(C)(C)C2. The second kappa shape index (κ2) is 17.7. The Balaban J connectivity index is 1.18. The summed E-state index contributed by atoms with van der Waals surface area (Å²) in [7, 11) is 3.72. The van der Waals surface area contributed by atoms with Gasteiger partial charge < -0.3 is 34.1 Å². The number of hydrogen-bond acceptors (Lipinski definition) is 11. The smallest absolute Gasteiger partial charge is 0.324 e. The van der Waals surface area contributed by atoms with E-state index in [-0.39, 0.29) is 48.9 Å². The number of esters is 1. The Morgan fingerprint density at radius 2 is 1.90 bits per heavy atom. The number of likely N-dealkylation sites (tertiary alicyclic amines) is 1. The molecule has 3 saturated heterocycles. The number of likely N-dealkylation sites (N-methyl/N-ethyl adjacent to an activating group) is 1. The van der Waals surface area contributed by atoms with Crippen molar-refractivity contribution in [3.8, 4) is 22.5 Å². The molecule has 15 nitrogen and oxygen atoms in total. The Hall–Kier alpha value is -4.90. The van der Waals surface area contributed by atoms with Crippen LogP contribution in [0, 0.1) is 11.3 Å². The lowest BCUT2D eigenvalue weighted by Gasteiger charge is -2.42. The normalized spacial score (nSPS) is 22.5. The summed E-state index contributed by atoms with van der Waals surface area (Å²) < 4.78 is 14.3. The molecule has 0 saturated carbocycles. The minimum Gasteiger partial charge on any atom is -0.464 e. The summed E-state index contributed by atoms with van der Waals surface area (Å²) in [6.07, 6.45) is 3.34. The number of nitrogens with one attached hydrogen (secondary N) is 2. The third-order valence-electron chi connectivity index (χ3n) is 12.9. The third kappa shape index (κ3) is 8.46. The quantitative estimate of drug-likeness (QED) is 0.213. The van der Waals surface area contributed by atoms with Crippen LogP contribution >= 0.6 is 11.3 Å². The van der Waals surface area contributed by atoms with Crippen molar-refractivity contribution in [2.45, 2.75) is 104 Å². The van der Waals surface area contributed by atoms with Crippen molar-refractivity contribution in [1.29, 1.82) is 0 Å². The van der Waals surface area contributed by atoms with Crippen molar-refractivity contribution < 1.29 is 28.7 Å². The summed E-state index contributed by atoms with van der Waals surface area (Å²) in [5, 5.41) is 8.28. The molecule has 0 radical (unpaired) electrons. The Morgan fingerprint density at radius 1 is 1.11 bits per heavy atom. The van der Waals surface area contributed by atoms with Crippen LogP contribution in [0.2, 0.25) is 0 Å². The van der Waals surface area contributed by atoms with E-state index in [9.17, 15) is 19.2 Å². The van der Waals surface area contributed by atoms with Gasteiger partial charge in [0.2, 0.25) is 5.91 Å². The molecule has 7 heterocycles. The van der Waals surface area contributed by atoms with Gasteiger partial charge in [-0.1, -0.05) is 33.8 Å². The highest BCUT2D eigenvalue weighted by Crippen LogP contribution is 2.42. The Kier molecular flexibility index (Phi) is 12.5. The fourth-order valence-corrected chi connectivity index (χ4v) is 10.5. The number of hydrogen-bond donors (Lipinski definition) is 2. The predicted octanol–water partition coefficient (Wildman–Crippen LogP) is 5.28. The van der Waals surface area contributed by atoms with E-state index in [1.165, 1.54) is 16.3 Å². The van der Waals surface area contributed by atoms with Crippen LogP contribution in [0.1, 0.15) is 76.8 Å². The standard InChI is InChI=1S/C46H61N9O6S/c1-9-52-37-15-14-29-20-32(37)33(41(52)31-12-10-16-47-39(31)28(4)60-8)22-46(5,6)26-61-44(58)34-13-11-17-55(50-34)43(57)35(21-38-48-36(29)25-62-38)49-42(56)40(27(2)3)54-19-18-53(45(54)59)30-23-51(7)24-30/h10,12,14-16,20,25,27-28,30,34-35,40,50H,9,11,13,17-19,21-24,26H2,1-8H3,(H,49,56)/t28-,34-,35-,40-/m0/s1. The van der Waals surface area contributed by atoms with Gasteiger partial charge in [-0.05, 0) is 75.9 Å². The Labute approximate surface area is 368 Å². The molecule has 6 bridgehead atoms. The van der Waals surface area contributed by atoms with Crippen LogP contribution in [0.25, 0.3) is 33.4 Å². The average molecular weight is 868 g/mol. The van der Waals surface area contributed by atoms with Gasteiger partial charge in [0.15, 0.2) is 0 Å². The molecule has 8 rings (SSSR count). The lowest BCUT2D eigenvalue weighted by molar-refractivity contribution is -0.155. The number of ether oxygens (including phenoxy) is 2. The molecular weight excluding hydrogens is 807 g/mol. The number of thiazole rings is 1. The molecule has 332 valence electrons. The molecule has 4 aromatic rings. The predicted molar refractivity (Wildman–Crippen MR) is 238 cm³/mol. The summed E-state index contributed by atoms with van der Waals surface area (Å²) >= 11 is 1.44. The summed E-state index contributed by atoms with van der Waals surface area (Å²) in [6, 6.07) is 7.92. The number of carbonyl (C=O) groups excluding carboxylic acids is 4. The fraction of sp³-hybridized carbons (Fsp3) is 0.565. The number of hydrazine groups is 1. The largest absolute Gasteiger partial charge is 0.464 e. The maximum atomic E-state index is 14.6. The number of amides is 4. The third-order valence-corrected chi connectivity index (χ3v) is 13.8. The number of rotatable bonds is 9. The van der Waals surface area contributed by atoms with Gasteiger partial charge in [-0.15, -0.1) is 11.3 Å². The van der Waals surface area contributed by atoms with Gasteiger partial charge >= 0.3 is 12.0 Å². The molecule has 0 unspecified atom stereocenters. The highest BCUT2D eigenvalue weighted by molar-refractivity contribution is 7.10. The molecule has 3 aromatic heterocycles. The van der Waals surface area contributed by atoms with E-state index < -0.39 is 29.5 Å². The summed E-state index contributed by atoms with van der Waals surface area (Å²) in [4.78, 5) is 72.2. The van der Waals surface area contributed by atoms with E-state index in [2.05, 4.69) is 65.2 Å². The van der Waals surface area contributed by atoms with Crippen LogP contribution in [0.15, 0.2) is 41.9 Å². The topological polar surface area (TPSA) is 154 Å². The molecule has 2 N–H and O–H groups in total. The van der Waals surface area contributed by atoms with Crippen LogP contribution < -0.4 is 10.7 Å². The van der Waals surface area contributed by atoms with E-state index in [0.29, 0.717) is 50.4 Å². The number of aryl methyl sites for hydroxylation is 1. The van der Waals surface area contributed by atoms with Gasteiger partial charge in [-0.3, -0.25) is 24.4 Å². The average Bonchev–Trinajstić information content (AvgIpc) is 3.95. The van der Waals surface area contributed by atoms with Crippen LogP contribution in [-0.4, -0.2) is 136 Å². The van der Waals surface area contributed by atoms with E-state index in [1.807, 2.05) is 44.2 Å². The van der Waals surface area contributed by atoms with Crippen LogP contribution in [0.5, 0.6) is 0 Å². The molecule has 4 amide bonds. The molecule has 0 spiro atoms. The fourth-order valence-electron chi connectivity index (χ4n) is 9.66. The first kappa shape index (κ1) is 43.7. The maximum absolute atomic E-state index is 14.6. The number of cyclic esters (lactones) is 1. The lowest BCUT2D eigenvalue weighted by Crippen LogP contribution is -2.62. The summed E-state index contributed by atoms with van der Waals surface area (Å²) in [5.74, 6) is -1.41. The summed E-state index contributed by atoms with van der Waals surface area (Å²) in [5.41, 5.74) is 9.44. The number of aromatic nitrogens is 3. The molecular formula is C46H61N9O6S. The first-order valence-electron chi connectivity index (χ1n) is 22.1. The second-order valence-corrected chi connectivity index (χ2v) is 19.4. The summed E-state index contributed by atoms with van der Waals surface area (Å²) in [6.45, 7) is 16.0. The monoisotopic (exact) mass is 867 g/mol. The molecule has 16 heteroatoms. The Bertz CT molecular complexity index is 2340. The van der Waals surface area contributed by atoms with E-state index in [0.717, 1.165) is 57.8 Å². The van der Waals surface area contributed by atoms with E-state index >= 15 is 0 Å². The van der Waals surface area contributed by atoms with Crippen LogP contribution in [0.3, 0.4) is 0 Å². The maximum Gasteiger partial charge on any atom is 0.324 e. The number of nitrogens with zero attached hydrogens (tertiary/aromatic N) is 7. The van der Waals surface area contributed by atoms with Gasteiger partial charge in [0.1, 0.15) is 18.1 Å². The molecule has 4 atom stereocenters. The van der Waals surface area contributed by atoms with Gasteiger partial charge in [0.25, 0.3) is 5.91 Å². The first-order valence-corrected chi connectivity index (χ1v) is 22.9. The number of benzene rings is 1. The van der Waals surface area contributed by atoms with Crippen LogP contribution in [-0.2, 0) is 43.2 Å². The van der Waals surface area contributed by atoms with E-state index in [4.69, 9.17) is 19.4 Å². The molecule has 4 aliphatic rings. The van der Waals surface area contributed by atoms with Gasteiger partial charge in [0.05, 0.1) is 40.8 Å². The zero-order valence-corrected chi connectivity index (χ0v) is 38.1. The molecule has 3 fully saturated rings. The van der Waals surface area contributed by atoms with Crippen molar-refractivity contribution in [2.75, 3.05) is 53.5 Å². The highest BCUT2D eigenvalue weighted by atomic mass is 32.1. The Morgan fingerprint density at radius 3 is 2.63 bits per heavy atom. The van der Waals surface area contributed by atoms with Gasteiger partial charge in [-0.2, -0.15) is 0 Å². The number of methoxy groups -OCH3 is 1.